The molecule has 42 heavy (non-hydrogen) atoms. The number of benzene rings is 1. The Morgan fingerprint density at radius 3 is 1.26 bits per heavy atom. The van der Waals surface area contributed by atoms with Crippen LogP contribution in [0.25, 0.3) is 0 Å². The number of hydrogen-bond donors (Lipinski definition) is 0. The van der Waals surface area contributed by atoms with E-state index in [1.807, 2.05) is 13.0 Å². The molecule has 1 rings (SSSR count). The summed E-state index contributed by atoms with van der Waals surface area (Å²) in [7, 11) is 6.88. The highest BCUT2D eigenvalue weighted by atomic mass is 16.5. The van der Waals surface area contributed by atoms with Crippen LogP contribution in [-0.2, 0) is 15.9 Å². The van der Waals surface area contributed by atoms with Gasteiger partial charge in [-0.15, -0.1) is 0 Å². The summed E-state index contributed by atoms with van der Waals surface area (Å²) < 4.78 is 34.7. The lowest BCUT2D eigenvalue weighted by molar-refractivity contribution is 0.192. The second-order valence-electron chi connectivity index (χ2n) is 11.3. The first-order valence-corrected chi connectivity index (χ1v) is 16.4. The first-order chi connectivity index (χ1) is 20.5. The van der Waals surface area contributed by atoms with Crippen LogP contribution >= 0.6 is 0 Å². The fourth-order valence-corrected chi connectivity index (χ4v) is 5.19. The van der Waals surface area contributed by atoms with Crippen molar-refractivity contribution in [1.82, 2.24) is 0 Å². The predicted octanol–water partition coefficient (Wildman–Crippen LogP) is 9.50. The molecule has 0 spiro atoms. The van der Waals surface area contributed by atoms with E-state index < -0.39 is 0 Å². The minimum absolute atomic E-state index is 0.598. The fourth-order valence-electron chi connectivity index (χ4n) is 5.19. The highest BCUT2D eigenvalue weighted by molar-refractivity contribution is 5.67. The van der Waals surface area contributed by atoms with Gasteiger partial charge < -0.3 is 28.4 Å². The van der Waals surface area contributed by atoms with Gasteiger partial charge in [-0.05, 0) is 52.9 Å². The van der Waals surface area contributed by atoms with E-state index in [-0.39, 0.29) is 0 Å². The molecule has 0 aliphatic heterocycles. The van der Waals surface area contributed by atoms with Crippen LogP contribution in [0.4, 0.5) is 0 Å². The summed E-state index contributed by atoms with van der Waals surface area (Å²) in [5, 5.41) is 0. The number of ether oxygens (including phenoxy) is 6. The third kappa shape index (κ3) is 16.1. The topological polar surface area (TPSA) is 55.4 Å². The van der Waals surface area contributed by atoms with Gasteiger partial charge in [0, 0.05) is 38.6 Å². The average molecular weight is 591 g/mol. The highest BCUT2D eigenvalue weighted by Gasteiger charge is 2.25. The molecule has 0 saturated carbocycles. The molecule has 242 valence electrons. The second kappa shape index (κ2) is 25.6. The third-order valence-electron chi connectivity index (χ3n) is 7.70. The smallest absolute Gasteiger partial charge is 0.207 e. The number of allylic oxidation sites excluding steroid dienone is 2. The molecule has 0 unspecified atom stereocenters. The Bertz CT molecular complexity index is 831. The second-order valence-corrected chi connectivity index (χ2v) is 11.3. The lowest BCUT2D eigenvalue weighted by Gasteiger charge is -2.23. The molecule has 0 saturated heterocycles. The van der Waals surface area contributed by atoms with Crippen LogP contribution in [0.2, 0.25) is 0 Å². The van der Waals surface area contributed by atoms with Crippen molar-refractivity contribution in [2.75, 3.05) is 54.9 Å². The molecule has 0 aromatic heterocycles. The molecular weight excluding hydrogens is 528 g/mol. The Morgan fingerprint density at radius 1 is 0.524 bits per heavy atom. The normalized spacial score (nSPS) is 11.6. The Hall–Kier alpha value is -1.92. The van der Waals surface area contributed by atoms with E-state index in [2.05, 4.69) is 6.92 Å². The van der Waals surface area contributed by atoms with E-state index in [9.17, 15) is 0 Å². The molecule has 0 aliphatic rings. The van der Waals surface area contributed by atoms with Gasteiger partial charge in [0.1, 0.15) is 0 Å². The molecule has 0 amide bonds. The molecule has 0 atom stereocenters. The van der Waals surface area contributed by atoms with Crippen LogP contribution in [0.5, 0.6) is 23.0 Å². The molecule has 1 aromatic carbocycles. The van der Waals surface area contributed by atoms with Crippen molar-refractivity contribution in [2.24, 2.45) is 0 Å². The Morgan fingerprint density at radius 2 is 0.881 bits per heavy atom. The van der Waals surface area contributed by atoms with Crippen LogP contribution in [0.15, 0.2) is 11.6 Å². The summed E-state index contributed by atoms with van der Waals surface area (Å²) in [6, 6.07) is 0. The van der Waals surface area contributed by atoms with Gasteiger partial charge in [-0.1, -0.05) is 88.7 Å². The van der Waals surface area contributed by atoms with Crippen molar-refractivity contribution in [3.05, 3.63) is 29.7 Å². The maximum Gasteiger partial charge on any atom is 0.207 e. The molecule has 6 heteroatoms. The van der Waals surface area contributed by atoms with E-state index in [0.29, 0.717) is 31.1 Å². The van der Waals surface area contributed by atoms with Gasteiger partial charge in [-0.2, -0.15) is 0 Å². The van der Waals surface area contributed by atoms with Crippen LogP contribution in [0.3, 0.4) is 0 Å². The number of methoxy groups -OCH3 is 4. The maximum absolute atomic E-state index is 6.40. The quantitative estimate of drug-likeness (QED) is 0.0906. The lowest BCUT2D eigenvalue weighted by Crippen LogP contribution is -2.09. The number of unbranched alkanes of at least 4 members (excludes halogenated alkanes) is 14. The Balaban J connectivity index is 2.71. The SMILES string of the molecule is [CH]/C(C)=C/Cc1c(C)c(OCCCCCCCCCCOC)c(OC)c(OC)c1OCCCCCCCCCCOC. The Labute approximate surface area is 258 Å². The largest absolute Gasteiger partial charge is 0.490 e. The predicted molar refractivity (Wildman–Crippen MR) is 175 cm³/mol. The van der Waals surface area contributed by atoms with Crippen LogP contribution in [-0.4, -0.2) is 54.9 Å². The van der Waals surface area contributed by atoms with Crippen LogP contribution < -0.4 is 18.9 Å². The van der Waals surface area contributed by atoms with Gasteiger partial charge in [-0.25, -0.2) is 0 Å². The fraction of sp³-hybridized carbons (Fsp3) is 0.750. The maximum atomic E-state index is 6.40. The van der Waals surface area contributed by atoms with E-state index >= 15 is 0 Å². The number of hydrogen-bond acceptors (Lipinski definition) is 6. The minimum Gasteiger partial charge on any atom is -0.490 e. The summed E-state index contributed by atoms with van der Waals surface area (Å²) in [4.78, 5) is 0. The van der Waals surface area contributed by atoms with Crippen molar-refractivity contribution >= 4 is 0 Å². The number of rotatable bonds is 28. The van der Waals surface area contributed by atoms with Crippen molar-refractivity contribution in [2.45, 2.75) is 123 Å². The molecule has 2 radical (unpaired) electrons. The van der Waals surface area contributed by atoms with Gasteiger partial charge in [0.25, 0.3) is 0 Å². The van der Waals surface area contributed by atoms with Crippen LogP contribution in [0, 0.1) is 13.8 Å². The van der Waals surface area contributed by atoms with Gasteiger partial charge in [0.15, 0.2) is 11.5 Å². The first kappa shape index (κ1) is 38.1. The van der Waals surface area contributed by atoms with Gasteiger partial charge in [0.2, 0.25) is 11.5 Å². The zero-order valence-corrected chi connectivity index (χ0v) is 28.0. The summed E-state index contributed by atoms with van der Waals surface area (Å²) in [6.07, 6.45) is 22.0. The highest BCUT2D eigenvalue weighted by Crippen LogP contribution is 2.50. The van der Waals surface area contributed by atoms with Gasteiger partial charge in [-0.3, -0.25) is 0 Å². The first-order valence-electron chi connectivity index (χ1n) is 16.4. The van der Waals surface area contributed by atoms with Crippen molar-refractivity contribution in [1.29, 1.82) is 0 Å². The monoisotopic (exact) mass is 590 g/mol. The third-order valence-corrected chi connectivity index (χ3v) is 7.70. The molecular formula is C36H62O6. The Kier molecular flexibility index (Phi) is 23.2. The van der Waals surface area contributed by atoms with Gasteiger partial charge >= 0.3 is 0 Å². The molecule has 0 N–H and O–H groups in total. The lowest BCUT2D eigenvalue weighted by atomic mass is 10.00. The van der Waals surface area contributed by atoms with Crippen molar-refractivity contribution < 1.29 is 28.4 Å². The van der Waals surface area contributed by atoms with Gasteiger partial charge in [0.05, 0.1) is 27.4 Å². The summed E-state index contributed by atoms with van der Waals surface area (Å²) in [5.74, 6) is 2.68. The van der Waals surface area contributed by atoms with E-state index in [1.54, 1.807) is 28.4 Å². The molecule has 0 fully saturated rings. The molecule has 0 heterocycles. The van der Waals surface area contributed by atoms with E-state index in [1.165, 1.54) is 64.2 Å². The molecule has 0 aliphatic carbocycles. The minimum atomic E-state index is 0.598. The van der Waals surface area contributed by atoms with Crippen LogP contribution in [0.1, 0.15) is 121 Å². The molecule has 1 aromatic rings. The van der Waals surface area contributed by atoms with E-state index in [0.717, 1.165) is 79.9 Å². The average Bonchev–Trinajstić information content (AvgIpc) is 2.98. The molecule has 6 nitrogen and oxygen atoms in total. The van der Waals surface area contributed by atoms with Crippen molar-refractivity contribution in [3.8, 4) is 23.0 Å². The standard InChI is InChI=1S/C36H62O6/c1-30(2)24-25-32-31(3)33(41-28-22-18-14-10-8-12-16-20-26-37-4)35(39-6)36(40-7)34(32)42-29-23-19-15-11-9-13-17-21-27-38-5/h1,24H,8-23,25-29H2,2-7H3/b30-24-. The summed E-state index contributed by atoms with van der Waals surface area (Å²) >= 11 is 0. The zero-order chi connectivity index (χ0) is 30.8. The zero-order valence-electron chi connectivity index (χ0n) is 28.0. The molecule has 0 bridgehead atoms. The summed E-state index contributed by atoms with van der Waals surface area (Å²) in [6.45, 7) is 13.0. The summed E-state index contributed by atoms with van der Waals surface area (Å²) in [5.41, 5.74) is 2.83. The van der Waals surface area contributed by atoms with E-state index in [4.69, 9.17) is 35.3 Å². The van der Waals surface area contributed by atoms with Crippen molar-refractivity contribution in [3.63, 3.8) is 0 Å².